The van der Waals surface area contributed by atoms with Crippen LogP contribution in [0.15, 0.2) is 156 Å². The minimum Gasteiger partial charge on any atom is -0.456 e. The number of pyridine rings is 1. The quantitative estimate of drug-likeness (QED) is 0.204. The van der Waals surface area contributed by atoms with Crippen molar-refractivity contribution in [3.63, 3.8) is 0 Å². The predicted molar refractivity (Wildman–Crippen MR) is 187 cm³/mol. The summed E-state index contributed by atoms with van der Waals surface area (Å²) in [6, 6.07) is 53.5. The molecule has 0 spiro atoms. The Labute approximate surface area is 267 Å². The topological polar surface area (TPSA) is 35.3 Å². The zero-order chi connectivity index (χ0) is 30.5. The van der Waals surface area contributed by atoms with E-state index >= 15 is 0 Å². The molecule has 6 aromatic carbocycles. The Kier molecular flexibility index (Phi) is 6.36. The summed E-state index contributed by atoms with van der Waals surface area (Å²) in [7, 11) is 0. The Hall–Kier alpha value is -5.77. The molecule has 218 valence electrons. The molecular weight excluding hydrogens is 562 g/mol. The van der Waals surface area contributed by atoms with Crippen LogP contribution in [-0.4, -0.2) is 4.98 Å². The van der Waals surface area contributed by atoms with Crippen molar-refractivity contribution in [1.82, 2.24) is 4.98 Å². The summed E-state index contributed by atoms with van der Waals surface area (Å²) in [4.78, 5) is 5.09. The molecule has 3 heterocycles. The molecule has 0 aliphatic carbocycles. The lowest BCUT2D eigenvalue weighted by atomic mass is 9.90. The normalized spacial score (nSPS) is 12.5. The van der Waals surface area contributed by atoms with Crippen LogP contribution in [0.5, 0.6) is 0 Å². The lowest BCUT2D eigenvalue weighted by Gasteiger charge is -2.15. The molecule has 3 nitrogen and oxygen atoms in total. The fourth-order valence-electron chi connectivity index (χ4n) is 6.65. The maximum Gasteiger partial charge on any atom is 0.136 e. The van der Waals surface area contributed by atoms with Crippen LogP contribution in [-0.2, 0) is 18.0 Å². The number of hydrogen-bond donors (Lipinski definition) is 0. The summed E-state index contributed by atoms with van der Waals surface area (Å²) in [5.74, 6) is 0. The third-order valence-electron chi connectivity index (χ3n) is 9.03. The minimum atomic E-state index is 0.575. The molecule has 0 atom stereocenters. The average Bonchev–Trinajstić information content (AvgIpc) is 3.40. The smallest absolute Gasteiger partial charge is 0.136 e. The van der Waals surface area contributed by atoms with Gasteiger partial charge in [-0.1, -0.05) is 109 Å². The van der Waals surface area contributed by atoms with Crippen LogP contribution < -0.4 is 0 Å². The van der Waals surface area contributed by atoms with Gasteiger partial charge in [0.2, 0.25) is 0 Å². The molecule has 1 aliphatic rings. The molecule has 0 saturated carbocycles. The van der Waals surface area contributed by atoms with E-state index in [-0.39, 0.29) is 0 Å². The predicted octanol–water partition coefficient (Wildman–Crippen LogP) is 11.3. The van der Waals surface area contributed by atoms with Crippen LogP contribution in [0, 0.1) is 0 Å². The van der Waals surface area contributed by atoms with Gasteiger partial charge in [-0.3, -0.25) is 0 Å². The highest BCUT2D eigenvalue weighted by Crippen LogP contribution is 2.39. The first-order valence-electron chi connectivity index (χ1n) is 15.7. The van der Waals surface area contributed by atoms with E-state index < -0.39 is 0 Å². The molecule has 0 radical (unpaired) electrons. The van der Waals surface area contributed by atoms with Gasteiger partial charge in [0.25, 0.3) is 0 Å². The van der Waals surface area contributed by atoms with Gasteiger partial charge < -0.3 is 9.15 Å². The van der Waals surface area contributed by atoms with Gasteiger partial charge in [0.1, 0.15) is 11.2 Å². The number of ether oxygens (including phenoxy) is 1. The van der Waals surface area contributed by atoms with Crippen molar-refractivity contribution >= 4 is 21.9 Å². The molecule has 2 aromatic heterocycles. The number of furan rings is 1. The summed E-state index contributed by atoms with van der Waals surface area (Å²) in [6.45, 7) is 1.15. The van der Waals surface area contributed by atoms with Crippen LogP contribution in [0.1, 0.15) is 11.1 Å². The van der Waals surface area contributed by atoms with Crippen LogP contribution in [0.25, 0.3) is 77.8 Å². The lowest BCUT2D eigenvalue weighted by molar-refractivity contribution is 0.110. The van der Waals surface area contributed by atoms with Crippen LogP contribution in [0.4, 0.5) is 0 Å². The molecule has 9 rings (SSSR count). The fourth-order valence-corrected chi connectivity index (χ4v) is 6.65. The van der Waals surface area contributed by atoms with E-state index in [1.807, 2.05) is 24.3 Å². The summed E-state index contributed by atoms with van der Waals surface area (Å²) in [6.07, 6.45) is 0. The minimum absolute atomic E-state index is 0.575. The van der Waals surface area contributed by atoms with E-state index in [4.69, 9.17) is 14.1 Å². The zero-order valence-electron chi connectivity index (χ0n) is 25.1. The summed E-state index contributed by atoms with van der Waals surface area (Å²) in [5.41, 5.74) is 15.3. The Morgan fingerprint density at radius 3 is 1.57 bits per heavy atom. The van der Waals surface area contributed by atoms with Gasteiger partial charge in [0, 0.05) is 21.9 Å². The van der Waals surface area contributed by atoms with Gasteiger partial charge in [0.15, 0.2) is 0 Å². The second kappa shape index (κ2) is 11.0. The zero-order valence-corrected chi connectivity index (χ0v) is 25.1. The molecule has 3 heteroatoms. The number of rotatable bonds is 4. The molecule has 0 unspecified atom stereocenters. The van der Waals surface area contributed by atoms with Gasteiger partial charge >= 0.3 is 0 Å². The fraction of sp³-hybridized carbons (Fsp3) is 0.0465. The van der Waals surface area contributed by atoms with Crippen molar-refractivity contribution in [2.24, 2.45) is 0 Å². The summed E-state index contributed by atoms with van der Waals surface area (Å²) >= 11 is 0. The third-order valence-corrected chi connectivity index (χ3v) is 9.03. The number of benzene rings is 6. The molecule has 0 N–H and O–H groups in total. The molecule has 8 aromatic rings. The van der Waals surface area contributed by atoms with Crippen molar-refractivity contribution in [1.29, 1.82) is 0 Å². The Morgan fingerprint density at radius 1 is 0.391 bits per heavy atom. The first-order chi connectivity index (χ1) is 22.8. The van der Waals surface area contributed by atoms with Gasteiger partial charge in [-0.05, 0) is 87.0 Å². The SMILES string of the molecule is c1ccc(-c2cc(-c3ccc4c(c3)-c3cc(-c5ccc6c(c5)oc5ccccc56)ccc3COC4)cc(-c3ccccc3)n2)cc1. The third kappa shape index (κ3) is 4.70. The average molecular weight is 592 g/mol. The summed E-state index contributed by atoms with van der Waals surface area (Å²) < 4.78 is 12.4. The molecule has 0 bridgehead atoms. The number of para-hydroxylation sites is 1. The lowest BCUT2D eigenvalue weighted by Crippen LogP contribution is -1.93. The first kappa shape index (κ1) is 26.6. The second-order valence-corrected chi connectivity index (χ2v) is 11.9. The van der Waals surface area contributed by atoms with Crippen molar-refractivity contribution in [2.45, 2.75) is 13.2 Å². The number of aromatic nitrogens is 1. The molecular formula is C43H29NO2. The maximum absolute atomic E-state index is 6.23. The Bertz CT molecular complexity index is 2330. The van der Waals surface area contributed by atoms with E-state index in [2.05, 4.69) is 127 Å². The highest BCUT2D eigenvalue weighted by atomic mass is 16.5. The number of hydrogen-bond acceptors (Lipinski definition) is 3. The molecule has 0 fully saturated rings. The van der Waals surface area contributed by atoms with Crippen molar-refractivity contribution < 1.29 is 9.15 Å². The van der Waals surface area contributed by atoms with Crippen molar-refractivity contribution in [3.05, 3.63) is 163 Å². The molecule has 0 amide bonds. The largest absolute Gasteiger partial charge is 0.456 e. The van der Waals surface area contributed by atoms with Crippen LogP contribution in [0.2, 0.25) is 0 Å². The first-order valence-corrected chi connectivity index (χ1v) is 15.7. The van der Waals surface area contributed by atoms with E-state index in [1.165, 1.54) is 22.3 Å². The van der Waals surface area contributed by atoms with Gasteiger partial charge in [0.05, 0.1) is 24.6 Å². The van der Waals surface area contributed by atoms with E-state index in [1.54, 1.807) is 0 Å². The van der Waals surface area contributed by atoms with E-state index in [9.17, 15) is 0 Å². The van der Waals surface area contributed by atoms with Gasteiger partial charge in [-0.25, -0.2) is 4.98 Å². The Morgan fingerprint density at radius 2 is 0.913 bits per heavy atom. The molecule has 46 heavy (non-hydrogen) atoms. The number of fused-ring (bicyclic) bond motifs is 6. The Balaban J connectivity index is 1.17. The van der Waals surface area contributed by atoms with Crippen molar-refractivity contribution in [3.8, 4) is 55.9 Å². The monoisotopic (exact) mass is 591 g/mol. The van der Waals surface area contributed by atoms with Gasteiger partial charge in [-0.2, -0.15) is 0 Å². The van der Waals surface area contributed by atoms with Crippen LogP contribution in [0.3, 0.4) is 0 Å². The summed E-state index contributed by atoms with van der Waals surface area (Å²) in [5, 5.41) is 2.28. The van der Waals surface area contributed by atoms with E-state index in [0.29, 0.717) is 13.2 Å². The highest BCUT2D eigenvalue weighted by molar-refractivity contribution is 6.06. The van der Waals surface area contributed by atoms with Crippen LogP contribution >= 0.6 is 0 Å². The highest BCUT2D eigenvalue weighted by Gasteiger charge is 2.18. The van der Waals surface area contributed by atoms with Gasteiger partial charge in [-0.15, -0.1) is 0 Å². The molecule has 1 aliphatic heterocycles. The number of nitrogens with zero attached hydrogens (tertiary/aromatic N) is 1. The molecule has 0 saturated heterocycles. The standard InChI is InChI=1S/C43H29NO2/c1-3-9-28(10-4-1)40-23-35(24-41(44-40)29-11-5-2-6-12-29)31-16-18-34-27-45-26-33-17-15-30(21-38(33)39(34)22-31)32-19-20-37-36-13-7-8-14-42(36)46-43(37)25-32/h1-25H,26-27H2. The van der Waals surface area contributed by atoms with E-state index in [0.717, 1.165) is 66.7 Å². The van der Waals surface area contributed by atoms with Crippen molar-refractivity contribution in [2.75, 3.05) is 0 Å². The maximum atomic E-state index is 6.23. The second-order valence-electron chi connectivity index (χ2n) is 11.9.